The van der Waals surface area contributed by atoms with Gasteiger partial charge in [0.25, 0.3) is 0 Å². The monoisotopic (exact) mass is 331 g/mol. The average molecular weight is 331 g/mol. The molecular weight excluding hydrogens is 306 g/mol. The summed E-state index contributed by atoms with van der Waals surface area (Å²) in [4.78, 5) is 0. The van der Waals surface area contributed by atoms with Gasteiger partial charge in [-0.25, -0.2) is 0 Å². The summed E-state index contributed by atoms with van der Waals surface area (Å²) in [5.41, 5.74) is 2.27. The maximum absolute atomic E-state index is 10.4. The summed E-state index contributed by atoms with van der Waals surface area (Å²) in [5.74, 6) is 0.871. The van der Waals surface area contributed by atoms with Gasteiger partial charge >= 0.3 is 0 Å². The lowest BCUT2D eigenvalue weighted by Crippen LogP contribution is -2.33. The van der Waals surface area contributed by atoms with E-state index in [1.165, 1.54) is 11.6 Å². The number of aliphatic hydroxyl groups excluding tert-OH is 2. The molecule has 0 bridgehead atoms. The third kappa shape index (κ3) is 4.71. The minimum atomic E-state index is -0.716. The van der Waals surface area contributed by atoms with E-state index in [1.807, 2.05) is 31.2 Å². The predicted octanol–water partition coefficient (Wildman–Crippen LogP) is 2.15. The molecule has 0 aliphatic rings. The first-order valence-corrected chi connectivity index (χ1v) is 8.02. The molecule has 0 unspecified atom stereocenters. The normalized spacial score (nSPS) is 13.5. The molecule has 0 aliphatic heterocycles. The number of hydrogen-bond donors (Lipinski definition) is 4. The summed E-state index contributed by atoms with van der Waals surface area (Å²) in [5, 5.41) is 32.5. The van der Waals surface area contributed by atoms with Gasteiger partial charge in [-0.1, -0.05) is 18.2 Å². The number of nitrogens with one attached hydrogen (secondary N) is 1. The molecule has 2 atom stereocenters. The molecule has 0 saturated carbocycles. The van der Waals surface area contributed by atoms with Gasteiger partial charge in [-0.15, -0.1) is 0 Å². The molecular formula is C19H25NO4. The Morgan fingerprint density at radius 3 is 2.46 bits per heavy atom. The van der Waals surface area contributed by atoms with Gasteiger partial charge in [0, 0.05) is 11.6 Å². The van der Waals surface area contributed by atoms with Crippen molar-refractivity contribution in [1.82, 2.24) is 5.32 Å². The summed E-state index contributed by atoms with van der Waals surface area (Å²) in [7, 11) is 1.64. The van der Waals surface area contributed by atoms with Crippen molar-refractivity contribution in [3.63, 3.8) is 0 Å². The second-order valence-electron chi connectivity index (χ2n) is 5.83. The van der Waals surface area contributed by atoms with Gasteiger partial charge in [0.15, 0.2) is 0 Å². The molecule has 24 heavy (non-hydrogen) atoms. The van der Waals surface area contributed by atoms with Gasteiger partial charge in [0.1, 0.15) is 11.5 Å². The van der Waals surface area contributed by atoms with Gasteiger partial charge in [0.2, 0.25) is 0 Å². The SMILES string of the molecule is COc1ccc(CCN[C@H](C)[C@@H](O)c2ccc(O)c(CO)c2)cc1. The minimum Gasteiger partial charge on any atom is -0.508 e. The van der Waals surface area contributed by atoms with Crippen LogP contribution in [0.25, 0.3) is 0 Å². The summed E-state index contributed by atoms with van der Waals surface area (Å²) in [6, 6.07) is 12.5. The van der Waals surface area contributed by atoms with E-state index in [0.717, 1.165) is 18.7 Å². The van der Waals surface area contributed by atoms with Crippen molar-refractivity contribution >= 4 is 0 Å². The Morgan fingerprint density at radius 2 is 1.83 bits per heavy atom. The Morgan fingerprint density at radius 1 is 1.12 bits per heavy atom. The summed E-state index contributed by atoms with van der Waals surface area (Å²) < 4.78 is 5.14. The second-order valence-corrected chi connectivity index (χ2v) is 5.83. The molecule has 0 amide bonds. The predicted molar refractivity (Wildman–Crippen MR) is 93.2 cm³/mol. The van der Waals surface area contributed by atoms with Crippen molar-refractivity contribution in [1.29, 1.82) is 0 Å². The zero-order valence-electron chi connectivity index (χ0n) is 14.1. The van der Waals surface area contributed by atoms with E-state index < -0.39 is 6.10 Å². The molecule has 2 aromatic carbocycles. The van der Waals surface area contributed by atoms with Gasteiger partial charge in [-0.2, -0.15) is 0 Å². The van der Waals surface area contributed by atoms with Crippen LogP contribution in [0.1, 0.15) is 29.7 Å². The van der Waals surface area contributed by atoms with Crippen molar-refractivity contribution in [2.75, 3.05) is 13.7 Å². The summed E-state index contributed by atoms with van der Waals surface area (Å²) >= 11 is 0. The van der Waals surface area contributed by atoms with E-state index in [4.69, 9.17) is 4.74 Å². The number of phenols is 1. The van der Waals surface area contributed by atoms with E-state index in [1.54, 1.807) is 19.2 Å². The third-order valence-electron chi connectivity index (χ3n) is 4.13. The Hall–Kier alpha value is -2.08. The largest absolute Gasteiger partial charge is 0.508 e. The molecule has 2 rings (SSSR count). The van der Waals surface area contributed by atoms with Crippen LogP contribution in [0.4, 0.5) is 0 Å². The highest BCUT2D eigenvalue weighted by atomic mass is 16.5. The minimum absolute atomic E-state index is 0.0357. The first kappa shape index (κ1) is 18.3. The zero-order valence-corrected chi connectivity index (χ0v) is 14.1. The van der Waals surface area contributed by atoms with Crippen molar-refractivity contribution in [3.8, 4) is 11.5 Å². The van der Waals surface area contributed by atoms with Crippen LogP contribution in [0, 0.1) is 0 Å². The number of benzene rings is 2. The molecule has 0 fully saturated rings. The second kappa shape index (κ2) is 8.68. The smallest absolute Gasteiger partial charge is 0.121 e. The van der Waals surface area contributed by atoms with E-state index >= 15 is 0 Å². The molecule has 4 N–H and O–H groups in total. The van der Waals surface area contributed by atoms with Crippen LogP contribution >= 0.6 is 0 Å². The number of aromatic hydroxyl groups is 1. The molecule has 2 aromatic rings. The molecule has 0 aromatic heterocycles. The van der Waals surface area contributed by atoms with Crippen molar-refractivity contribution < 1.29 is 20.1 Å². The number of methoxy groups -OCH3 is 1. The van der Waals surface area contributed by atoms with Crippen LogP contribution < -0.4 is 10.1 Å². The first-order valence-electron chi connectivity index (χ1n) is 8.02. The number of hydrogen-bond acceptors (Lipinski definition) is 5. The molecule has 130 valence electrons. The summed E-state index contributed by atoms with van der Waals surface area (Å²) in [6.45, 7) is 2.38. The average Bonchev–Trinajstić information content (AvgIpc) is 2.62. The molecule has 0 heterocycles. The van der Waals surface area contributed by atoms with E-state index in [9.17, 15) is 15.3 Å². The van der Waals surface area contributed by atoms with Crippen LogP contribution in [0.2, 0.25) is 0 Å². The lowest BCUT2D eigenvalue weighted by molar-refractivity contribution is 0.136. The van der Waals surface area contributed by atoms with Gasteiger partial charge in [-0.05, 0) is 55.3 Å². The quantitative estimate of drug-likeness (QED) is 0.596. The van der Waals surface area contributed by atoms with Crippen molar-refractivity contribution in [2.45, 2.75) is 32.1 Å². The molecule has 0 aliphatic carbocycles. The van der Waals surface area contributed by atoms with E-state index in [-0.39, 0.29) is 18.4 Å². The summed E-state index contributed by atoms with van der Waals surface area (Å²) in [6.07, 6.45) is 0.130. The van der Waals surface area contributed by atoms with Crippen LogP contribution in [-0.4, -0.2) is 35.0 Å². The molecule has 5 nitrogen and oxygen atoms in total. The van der Waals surface area contributed by atoms with E-state index in [0.29, 0.717) is 11.1 Å². The van der Waals surface area contributed by atoms with Crippen molar-refractivity contribution in [2.24, 2.45) is 0 Å². The van der Waals surface area contributed by atoms with Gasteiger partial charge in [-0.3, -0.25) is 0 Å². The number of rotatable bonds is 8. The van der Waals surface area contributed by atoms with Gasteiger partial charge < -0.3 is 25.4 Å². The Balaban J connectivity index is 1.88. The highest BCUT2D eigenvalue weighted by Crippen LogP contribution is 2.24. The van der Waals surface area contributed by atoms with Gasteiger partial charge in [0.05, 0.1) is 19.8 Å². The molecule has 0 saturated heterocycles. The lowest BCUT2D eigenvalue weighted by atomic mass is 10.0. The standard InChI is InChI=1S/C19H25NO4/c1-13(19(23)15-5-8-18(22)16(11-15)12-21)20-10-9-14-3-6-17(24-2)7-4-14/h3-8,11,13,19-23H,9-10,12H2,1-2H3/t13-,19-/m1/s1. The third-order valence-corrected chi connectivity index (χ3v) is 4.13. The maximum atomic E-state index is 10.4. The highest BCUT2D eigenvalue weighted by molar-refractivity contribution is 5.37. The fraction of sp³-hybridized carbons (Fsp3) is 0.368. The number of ether oxygens (including phenoxy) is 1. The van der Waals surface area contributed by atoms with Crippen LogP contribution in [0.5, 0.6) is 11.5 Å². The molecule has 0 spiro atoms. The number of aliphatic hydroxyl groups is 2. The van der Waals surface area contributed by atoms with Crippen molar-refractivity contribution in [3.05, 3.63) is 59.2 Å². The first-order chi connectivity index (χ1) is 11.5. The van der Waals surface area contributed by atoms with Crippen LogP contribution in [0.15, 0.2) is 42.5 Å². The van der Waals surface area contributed by atoms with Crippen LogP contribution in [0.3, 0.4) is 0 Å². The lowest BCUT2D eigenvalue weighted by Gasteiger charge is -2.21. The zero-order chi connectivity index (χ0) is 17.5. The Bertz CT molecular complexity index is 642. The van der Waals surface area contributed by atoms with Crippen LogP contribution in [-0.2, 0) is 13.0 Å². The Kier molecular flexibility index (Phi) is 6.61. The molecule has 0 radical (unpaired) electrons. The maximum Gasteiger partial charge on any atom is 0.121 e. The fourth-order valence-electron chi connectivity index (χ4n) is 2.55. The Labute approximate surface area is 142 Å². The topological polar surface area (TPSA) is 82.0 Å². The molecule has 5 heteroatoms. The fourth-order valence-corrected chi connectivity index (χ4v) is 2.55. The van der Waals surface area contributed by atoms with E-state index in [2.05, 4.69) is 5.32 Å². The highest BCUT2D eigenvalue weighted by Gasteiger charge is 2.17.